The fourth-order valence-electron chi connectivity index (χ4n) is 3.72. The van der Waals surface area contributed by atoms with Crippen LogP contribution < -0.4 is 5.32 Å². The van der Waals surface area contributed by atoms with Crippen molar-refractivity contribution in [2.24, 2.45) is 11.3 Å². The van der Waals surface area contributed by atoms with Gasteiger partial charge in [0.05, 0.1) is 0 Å². The van der Waals surface area contributed by atoms with Crippen LogP contribution in [0.3, 0.4) is 0 Å². The lowest BCUT2D eigenvalue weighted by Gasteiger charge is -2.32. The molecule has 2 rings (SSSR count). The minimum absolute atomic E-state index is 0.424. The number of hydrogen-bond donors (Lipinski definition) is 1. The number of nitrogens with zero attached hydrogens (tertiary/aromatic N) is 1. The quantitative estimate of drug-likeness (QED) is 0.875. The van der Waals surface area contributed by atoms with Crippen LogP contribution in [0.25, 0.3) is 0 Å². The Morgan fingerprint density at radius 1 is 1.35 bits per heavy atom. The molecule has 1 aromatic rings. The monoisotopic (exact) mass is 338 g/mol. The first kappa shape index (κ1) is 16.0. The molecular formula is C17H27BrN2. The summed E-state index contributed by atoms with van der Waals surface area (Å²) >= 11 is 3.64. The van der Waals surface area contributed by atoms with Crippen LogP contribution >= 0.6 is 15.9 Å². The lowest BCUT2D eigenvalue weighted by atomic mass is 9.85. The maximum absolute atomic E-state index is 3.64. The van der Waals surface area contributed by atoms with Crippen LogP contribution in [-0.4, -0.2) is 31.6 Å². The van der Waals surface area contributed by atoms with Gasteiger partial charge in [0.2, 0.25) is 0 Å². The van der Waals surface area contributed by atoms with E-state index >= 15 is 0 Å². The smallest absolute Gasteiger partial charge is 0.0242 e. The van der Waals surface area contributed by atoms with Crippen LogP contribution in [0.5, 0.6) is 0 Å². The molecule has 1 aromatic carbocycles. The molecule has 1 fully saturated rings. The van der Waals surface area contributed by atoms with Gasteiger partial charge in [0, 0.05) is 23.6 Å². The Morgan fingerprint density at radius 2 is 2.05 bits per heavy atom. The largest absolute Gasteiger partial charge is 0.316 e. The highest BCUT2D eigenvalue weighted by atomic mass is 79.9. The highest BCUT2D eigenvalue weighted by molar-refractivity contribution is 9.10. The third-order valence-corrected chi connectivity index (χ3v) is 5.50. The summed E-state index contributed by atoms with van der Waals surface area (Å²) in [7, 11) is 4.34. The highest BCUT2D eigenvalue weighted by Crippen LogP contribution is 2.41. The van der Waals surface area contributed by atoms with E-state index in [1.165, 1.54) is 22.9 Å². The molecule has 0 saturated heterocycles. The molecule has 1 aliphatic rings. The normalized spacial score (nSPS) is 25.3. The summed E-state index contributed by atoms with van der Waals surface area (Å²) in [6.07, 6.45) is 2.66. The van der Waals surface area contributed by atoms with Gasteiger partial charge in [-0.3, -0.25) is 0 Å². The van der Waals surface area contributed by atoms with Gasteiger partial charge in [0.15, 0.2) is 0 Å². The van der Waals surface area contributed by atoms with E-state index in [9.17, 15) is 0 Å². The van der Waals surface area contributed by atoms with Crippen LogP contribution in [0.2, 0.25) is 0 Å². The zero-order chi connectivity index (χ0) is 14.8. The molecule has 0 aromatic heterocycles. The summed E-state index contributed by atoms with van der Waals surface area (Å²) < 4.78 is 1.21. The molecule has 1 N–H and O–H groups in total. The van der Waals surface area contributed by atoms with Crippen LogP contribution in [0.15, 0.2) is 28.7 Å². The Kier molecular flexibility index (Phi) is 5.27. The van der Waals surface area contributed by atoms with Gasteiger partial charge in [-0.05, 0) is 49.9 Å². The topological polar surface area (TPSA) is 15.3 Å². The van der Waals surface area contributed by atoms with Gasteiger partial charge in [0.25, 0.3) is 0 Å². The van der Waals surface area contributed by atoms with Crippen LogP contribution in [0.1, 0.15) is 32.3 Å². The standard InChI is InChI=1S/C17H27BrN2/c1-17(2)10-9-14(16(17)19-3)12-20(4)11-13-7-5-6-8-15(13)18/h5-8,14,16,19H,9-12H2,1-4H3. The minimum atomic E-state index is 0.424. The third kappa shape index (κ3) is 3.63. The van der Waals surface area contributed by atoms with E-state index in [-0.39, 0.29) is 0 Å². The summed E-state index contributed by atoms with van der Waals surface area (Å²) in [5.41, 5.74) is 1.79. The Labute approximate surface area is 132 Å². The summed E-state index contributed by atoms with van der Waals surface area (Å²) in [6.45, 7) is 6.95. The van der Waals surface area contributed by atoms with Gasteiger partial charge < -0.3 is 10.2 Å². The second-order valence-electron chi connectivity index (χ2n) is 6.84. The molecule has 0 spiro atoms. The van der Waals surface area contributed by atoms with Crippen molar-refractivity contribution in [3.63, 3.8) is 0 Å². The Hall–Kier alpha value is -0.380. The van der Waals surface area contributed by atoms with Crippen molar-refractivity contribution in [1.82, 2.24) is 10.2 Å². The van der Waals surface area contributed by atoms with E-state index in [1.54, 1.807) is 0 Å². The van der Waals surface area contributed by atoms with E-state index in [0.29, 0.717) is 11.5 Å². The average Bonchev–Trinajstić information content (AvgIpc) is 2.66. The van der Waals surface area contributed by atoms with E-state index in [2.05, 4.69) is 78.4 Å². The van der Waals surface area contributed by atoms with Crippen molar-refractivity contribution in [2.75, 3.05) is 20.6 Å². The maximum Gasteiger partial charge on any atom is 0.0242 e. The van der Waals surface area contributed by atoms with Crippen molar-refractivity contribution in [1.29, 1.82) is 0 Å². The van der Waals surface area contributed by atoms with Crippen molar-refractivity contribution >= 4 is 15.9 Å². The molecule has 1 aliphatic carbocycles. The SMILES string of the molecule is CNC1C(CN(C)Cc2ccccc2Br)CCC1(C)C. The molecule has 2 unspecified atom stereocenters. The van der Waals surface area contributed by atoms with Gasteiger partial charge in [-0.1, -0.05) is 48.0 Å². The Bertz CT molecular complexity index is 444. The van der Waals surface area contributed by atoms with E-state index in [0.717, 1.165) is 19.0 Å². The first-order valence-corrected chi connectivity index (χ1v) is 8.32. The first-order chi connectivity index (χ1) is 9.44. The summed E-state index contributed by atoms with van der Waals surface area (Å²) in [6, 6.07) is 9.14. The predicted octanol–water partition coefficient (Wildman–Crippen LogP) is 3.91. The molecule has 2 nitrogen and oxygen atoms in total. The predicted molar refractivity (Wildman–Crippen MR) is 89.8 cm³/mol. The van der Waals surface area contributed by atoms with Crippen LogP contribution in [0, 0.1) is 11.3 Å². The zero-order valence-electron chi connectivity index (χ0n) is 13.1. The van der Waals surface area contributed by atoms with Gasteiger partial charge in [-0.15, -0.1) is 0 Å². The molecule has 0 bridgehead atoms. The molecule has 0 heterocycles. The number of benzene rings is 1. The van der Waals surface area contributed by atoms with E-state index in [1.807, 2.05) is 0 Å². The molecule has 112 valence electrons. The summed E-state index contributed by atoms with van der Waals surface area (Å²) in [5, 5.41) is 3.55. The minimum Gasteiger partial charge on any atom is -0.316 e. The zero-order valence-corrected chi connectivity index (χ0v) is 14.7. The molecule has 20 heavy (non-hydrogen) atoms. The van der Waals surface area contributed by atoms with Gasteiger partial charge in [0.1, 0.15) is 0 Å². The molecule has 0 radical (unpaired) electrons. The average molecular weight is 339 g/mol. The molecule has 0 aliphatic heterocycles. The molecule has 1 saturated carbocycles. The van der Waals surface area contributed by atoms with Crippen LogP contribution in [-0.2, 0) is 6.54 Å². The number of rotatable bonds is 5. The number of nitrogens with one attached hydrogen (secondary N) is 1. The van der Waals surface area contributed by atoms with Crippen molar-refractivity contribution in [2.45, 2.75) is 39.3 Å². The van der Waals surface area contributed by atoms with Gasteiger partial charge >= 0.3 is 0 Å². The van der Waals surface area contributed by atoms with E-state index in [4.69, 9.17) is 0 Å². The lowest BCUT2D eigenvalue weighted by Crippen LogP contribution is -2.43. The molecule has 0 amide bonds. The van der Waals surface area contributed by atoms with Gasteiger partial charge in [-0.2, -0.15) is 0 Å². The van der Waals surface area contributed by atoms with Crippen LogP contribution in [0.4, 0.5) is 0 Å². The number of hydrogen-bond acceptors (Lipinski definition) is 2. The molecule has 3 heteroatoms. The molecule has 2 atom stereocenters. The van der Waals surface area contributed by atoms with Crippen molar-refractivity contribution in [3.8, 4) is 0 Å². The Morgan fingerprint density at radius 3 is 2.70 bits per heavy atom. The fraction of sp³-hybridized carbons (Fsp3) is 0.647. The summed E-state index contributed by atoms with van der Waals surface area (Å²) in [5.74, 6) is 0.752. The van der Waals surface area contributed by atoms with E-state index < -0.39 is 0 Å². The van der Waals surface area contributed by atoms with Crippen molar-refractivity contribution < 1.29 is 0 Å². The van der Waals surface area contributed by atoms with Crippen molar-refractivity contribution in [3.05, 3.63) is 34.3 Å². The summed E-state index contributed by atoms with van der Waals surface area (Å²) in [4.78, 5) is 2.45. The second-order valence-corrected chi connectivity index (χ2v) is 7.70. The highest BCUT2D eigenvalue weighted by Gasteiger charge is 2.40. The third-order valence-electron chi connectivity index (χ3n) is 4.73. The lowest BCUT2D eigenvalue weighted by molar-refractivity contribution is 0.207. The number of halogens is 1. The second kappa shape index (κ2) is 6.59. The molecular weight excluding hydrogens is 312 g/mol. The fourth-order valence-corrected chi connectivity index (χ4v) is 4.13. The van der Waals surface area contributed by atoms with Gasteiger partial charge in [-0.25, -0.2) is 0 Å². The Balaban J connectivity index is 1.95. The first-order valence-electron chi connectivity index (χ1n) is 7.53. The maximum atomic E-state index is 3.64.